The first-order chi connectivity index (χ1) is 15.5. The third-order valence-corrected chi connectivity index (χ3v) is 5.94. The normalized spacial score (nSPS) is 19.0. The van der Waals surface area contributed by atoms with Gasteiger partial charge in [-0.15, -0.1) is 0 Å². The van der Waals surface area contributed by atoms with Gasteiger partial charge in [0.15, 0.2) is 11.3 Å². The highest BCUT2D eigenvalue weighted by Gasteiger charge is 2.33. The molecule has 5 rings (SSSR count). The zero-order valence-electron chi connectivity index (χ0n) is 17.8. The van der Waals surface area contributed by atoms with Crippen molar-refractivity contribution < 1.29 is 9.13 Å². The van der Waals surface area contributed by atoms with Gasteiger partial charge in [-0.05, 0) is 36.2 Å². The third-order valence-electron chi connectivity index (χ3n) is 5.94. The number of likely N-dealkylation sites (tertiary alicyclic amines) is 1. The minimum Gasteiger partial charge on any atom is -0.481 e. The van der Waals surface area contributed by atoms with E-state index in [4.69, 9.17) is 9.84 Å². The Balaban J connectivity index is 1.44. The Morgan fingerprint density at radius 1 is 1.19 bits per heavy atom. The van der Waals surface area contributed by atoms with Crippen molar-refractivity contribution in [2.45, 2.75) is 19.4 Å². The van der Waals surface area contributed by atoms with Crippen molar-refractivity contribution in [2.24, 2.45) is 5.92 Å². The fraction of sp³-hybridized carbons (Fsp3) is 0.304. The molecule has 0 saturated carbocycles. The van der Waals surface area contributed by atoms with E-state index in [0.717, 1.165) is 18.8 Å². The van der Waals surface area contributed by atoms with Gasteiger partial charge in [-0.3, -0.25) is 9.69 Å². The van der Waals surface area contributed by atoms with Crippen LogP contribution in [-0.2, 0) is 6.54 Å². The first-order valence-corrected chi connectivity index (χ1v) is 10.5. The average Bonchev–Trinajstić information content (AvgIpc) is 3.38. The molecule has 4 aromatic rings. The van der Waals surface area contributed by atoms with Crippen LogP contribution in [0.3, 0.4) is 0 Å². The van der Waals surface area contributed by atoms with Gasteiger partial charge < -0.3 is 9.72 Å². The molecule has 1 fully saturated rings. The Hall–Kier alpha value is -3.59. The largest absolute Gasteiger partial charge is 0.481 e. The maximum atomic E-state index is 13.3. The first kappa shape index (κ1) is 20.3. The average molecular weight is 434 g/mol. The van der Waals surface area contributed by atoms with Crippen LogP contribution in [0.5, 0.6) is 5.88 Å². The number of aromatic nitrogens is 5. The predicted octanol–water partition coefficient (Wildman–Crippen LogP) is 2.86. The molecule has 2 unspecified atom stereocenters. The third kappa shape index (κ3) is 3.75. The maximum Gasteiger partial charge on any atom is 0.276 e. The lowest BCUT2D eigenvalue weighted by Gasteiger charge is -2.15. The molecule has 0 bridgehead atoms. The number of rotatable bonds is 5. The highest BCUT2D eigenvalue weighted by Crippen LogP contribution is 2.31. The van der Waals surface area contributed by atoms with Crippen molar-refractivity contribution in [2.75, 3.05) is 20.2 Å². The van der Waals surface area contributed by atoms with Crippen LogP contribution in [0.25, 0.3) is 16.9 Å². The number of aromatic amines is 1. The summed E-state index contributed by atoms with van der Waals surface area (Å²) in [5, 5.41) is 4.74. The van der Waals surface area contributed by atoms with Gasteiger partial charge in [0.1, 0.15) is 11.6 Å². The molecule has 1 aromatic carbocycles. The number of nitrogens with zero attached hydrogens (tertiary/aromatic N) is 5. The van der Waals surface area contributed by atoms with Gasteiger partial charge >= 0.3 is 0 Å². The van der Waals surface area contributed by atoms with Gasteiger partial charge in [-0.25, -0.2) is 18.9 Å². The SMILES string of the molecule is COc1cccc(CN2CC(C)C(c3nn4c(-c5ccc(F)cc5)ncc4c(=O)[nH]3)C2)n1. The fourth-order valence-electron chi connectivity index (χ4n) is 4.32. The van der Waals surface area contributed by atoms with Crippen LogP contribution < -0.4 is 10.3 Å². The van der Waals surface area contributed by atoms with Crippen LogP contribution in [0.1, 0.15) is 24.4 Å². The van der Waals surface area contributed by atoms with Gasteiger partial charge in [0.05, 0.1) is 19.0 Å². The minimum atomic E-state index is -0.327. The summed E-state index contributed by atoms with van der Waals surface area (Å²) in [7, 11) is 1.61. The summed E-state index contributed by atoms with van der Waals surface area (Å²) in [6.07, 6.45) is 1.49. The molecular formula is C23H23FN6O2. The number of halogens is 1. The molecule has 4 heterocycles. The van der Waals surface area contributed by atoms with E-state index in [1.165, 1.54) is 18.3 Å². The molecule has 2 atom stereocenters. The monoisotopic (exact) mass is 434 g/mol. The summed E-state index contributed by atoms with van der Waals surface area (Å²) in [6.45, 7) is 4.45. The first-order valence-electron chi connectivity index (χ1n) is 10.5. The number of hydrogen-bond donors (Lipinski definition) is 1. The van der Waals surface area contributed by atoms with Crippen molar-refractivity contribution in [3.05, 3.63) is 76.4 Å². The van der Waals surface area contributed by atoms with Crippen LogP contribution in [0, 0.1) is 11.7 Å². The van der Waals surface area contributed by atoms with E-state index in [0.29, 0.717) is 41.1 Å². The van der Waals surface area contributed by atoms with Gasteiger partial charge in [0, 0.05) is 37.2 Å². The van der Waals surface area contributed by atoms with Gasteiger partial charge in [-0.2, -0.15) is 5.10 Å². The summed E-state index contributed by atoms with van der Waals surface area (Å²) >= 11 is 0. The smallest absolute Gasteiger partial charge is 0.276 e. The molecule has 3 aromatic heterocycles. The van der Waals surface area contributed by atoms with Gasteiger partial charge in [-0.1, -0.05) is 13.0 Å². The van der Waals surface area contributed by atoms with Gasteiger partial charge in [0.25, 0.3) is 5.56 Å². The molecule has 1 saturated heterocycles. The van der Waals surface area contributed by atoms with E-state index < -0.39 is 0 Å². The molecule has 1 aliphatic rings. The molecular weight excluding hydrogens is 411 g/mol. The second kappa shape index (κ2) is 8.16. The minimum absolute atomic E-state index is 0.0566. The van der Waals surface area contributed by atoms with Gasteiger partial charge in [0.2, 0.25) is 5.88 Å². The lowest BCUT2D eigenvalue weighted by Crippen LogP contribution is -2.23. The molecule has 164 valence electrons. The van der Waals surface area contributed by atoms with Crippen molar-refractivity contribution in [1.29, 1.82) is 0 Å². The second-order valence-electron chi connectivity index (χ2n) is 8.17. The number of hydrogen-bond acceptors (Lipinski definition) is 6. The molecule has 0 aliphatic carbocycles. The Bertz CT molecular complexity index is 1320. The Labute approximate surface area is 183 Å². The second-order valence-corrected chi connectivity index (χ2v) is 8.17. The van der Waals surface area contributed by atoms with Crippen molar-refractivity contribution >= 4 is 5.52 Å². The van der Waals surface area contributed by atoms with Crippen molar-refractivity contribution in [3.8, 4) is 17.3 Å². The number of methoxy groups -OCH3 is 1. The zero-order chi connectivity index (χ0) is 22.2. The zero-order valence-corrected chi connectivity index (χ0v) is 17.8. The summed E-state index contributed by atoms with van der Waals surface area (Å²) in [5.41, 5.74) is 1.75. The van der Waals surface area contributed by atoms with E-state index in [9.17, 15) is 9.18 Å². The molecule has 32 heavy (non-hydrogen) atoms. The highest BCUT2D eigenvalue weighted by atomic mass is 19.1. The Morgan fingerprint density at radius 3 is 2.78 bits per heavy atom. The maximum absolute atomic E-state index is 13.3. The van der Waals surface area contributed by atoms with E-state index in [1.54, 1.807) is 23.8 Å². The topological polar surface area (TPSA) is 88.4 Å². The van der Waals surface area contributed by atoms with Crippen LogP contribution in [0.4, 0.5) is 4.39 Å². The standard InChI is InChI=1S/C23H23FN6O2/c1-14-11-29(12-17-4-3-5-20(26-17)32-2)13-18(14)21-27-23(31)19-10-25-22(30(19)28-21)15-6-8-16(24)9-7-15/h3-10,14,18H,11-13H2,1-2H3,(H,27,28,31). The van der Waals surface area contributed by atoms with Crippen LogP contribution in [-0.4, -0.2) is 49.7 Å². The van der Waals surface area contributed by atoms with Crippen LogP contribution >= 0.6 is 0 Å². The van der Waals surface area contributed by atoms with E-state index in [-0.39, 0.29) is 17.3 Å². The molecule has 9 heteroatoms. The van der Waals surface area contributed by atoms with Crippen LogP contribution in [0.15, 0.2) is 53.5 Å². The van der Waals surface area contributed by atoms with E-state index >= 15 is 0 Å². The fourth-order valence-corrected chi connectivity index (χ4v) is 4.32. The molecule has 0 radical (unpaired) electrons. The summed E-state index contributed by atoms with van der Waals surface area (Å²) in [4.78, 5) is 26.9. The molecule has 1 N–H and O–H groups in total. The lowest BCUT2D eigenvalue weighted by atomic mass is 9.97. The summed E-state index contributed by atoms with van der Waals surface area (Å²) in [6, 6.07) is 11.7. The van der Waals surface area contributed by atoms with Crippen molar-refractivity contribution in [3.63, 3.8) is 0 Å². The highest BCUT2D eigenvalue weighted by molar-refractivity contribution is 5.60. The van der Waals surface area contributed by atoms with E-state index in [2.05, 4.69) is 26.8 Å². The number of nitrogens with one attached hydrogen (secondary N) is 1. The Morgan fingerprint density at radius 2 is 2.00 bits per heavy atom. The summed E-state index contributed by atoms with van der Waals surface area (Å²) < 4.78 is 20.1. The van der Waals surface area contributed by atoms with Crippen molar-refractivity contribution in [1.82, 2.24) is 29.5 Å². The molecule has 0 amide bonds. The number of pyridine rings is 1. The molecule has 1 aliphatic heterocycles. The number of imidazole rings is 1. The number of fused-ring (bicyclic) bond motifs is 1. The van der Waals surface area contributed by atoms with E-state index in [1.807, 2.05) is 18.2 Å². The molecule has 0 spiro atoms. The summed E-state index contributed by atoms with van der Waals surface area (Å²) in [5.74, 6) is 1.75. The number of benzene rings is 1. The lowest BCUT2D eigenvalue weighted by molar-refractivity contribution is 0.311. The quantitative estimate of drug-likeness (QED) is 0.520. The predicted molar refractivity (Wildman–Crippen MR) is 117 cm³/mol. The van der Waals surface area contributed by atoms with Crippen LogP contribution in [0.2, 0.25) is 0 Å². The molecule has 8 nitrogen and oxygen atoms in total. The number of H-pyrrole nitrogens is 1. The number of ether oxygens (including phenoxy) is 1. The Kier molecular flexibility index (Phi) is 5.18.